The first-order chi connectivity index (χ1) is 8.08. The fourth-order valence-corrected chi connectivity index (χ4v) is 1.92. The number of hydrogen-bond donors (Lipinski definition) is 1. The van der Waals surface area contributed by atoms with E-state index in [4.69, 9.17) is 11.6 Å². The molecule has 1 heterocycles. The lowest BCUT2D eigenvalue weighted by atomic mass is 10.2. The number of carbonyl (C=O) groups is 2. The second-order valence-electron chi connectivity index (χ2n) is 4.27. The lowest BCUT2D eigenvalue weighted by Gasteiger charge is -2.37. The Bertz CT molecular complexity index is 278. The average Bonchev–Trinajstić information content (AvgIpc) is 2.37. The Morgan fingerprint density at radius 3 is 2.35 bits per heavy atom. The topological polar surface area (TPSA) is 52.6 Å². The summed E-state index contributed by atoms with van der Waals surface area (Å²) >= 11 is 5.33. The first-order valence-corrected chi connectivity index (χ1v) is 6.50. The van der Waals surface area contributed by atoms with Crippen molar-refractivity contribution in [2.24, 2.45) is 0 Å². The largest absolute Gasteiger partial charge is 0.324 e. The molecule has 0 radical (unpaired) electrons. The molecule has 0 aliphatic carbocycles. The SMILES string of the molecule is CCC(C)N1CCN(C(=O)NC(=O)CCl)CC1. The number of rotatable bonds is 3. The highest BCUT2D eigenvalue weighted by Crippen LogP contribution is 2.08. The molecule has 1 aliphatic heterocycles. The molecule has 17 heavy (non-hydrogen) atoms. The van der Waals surface area contributed by atoms with Crippen LogP contribution < -0.4 is 5.32 Å². The molecule has 0 spiro atoms. The molecule has 98 valence electrons. The van der Waals surface area contributed by atoms with Crippen molar-refractivity contribution in [3.8, 4) is 0 Å². The quantitative estimate of drug-likeness (QED) is 0.768. The molecule has 0 bridgehead atoms. The van der Waals surface area contributed by atoms with Gasteiger partial charge in [-0.1, -0.05) is 6.92 Å². The number of nitrogens with one attached hydrogen (secondary N) is 1. The van der Waals surface area contributed by atoms with Crippen molar-refractivity contribution >= 4 is 23.5 Å². The van der Waals surface area contributed by atoms with Gasteiger partial charge in [-0.25, -0.2) is 4.79 Å². The highest BCUT2D eigenvalue weighted by molar-refractivity contribution is 6.28. The minimum Gasteiger partial charge on any atom is -0.322 e. The molecule has 0 saturated carbocycles. The van der Waals surface area contributed by atoms with Crippen LogP contribution in [0.3, 0.4) is 0 Å². The summed E-state index contributed by atoms with van der Waals surface area (Å²) in [5.74, 6) is -0.625. The van der Waals surface area contributed by atoms with Gasteiger partial charge in [0.25, 0.3) is 0 Å². The molecular weight excluding hydrogens is 242 g/mol. The van der Waals surface area contributed by atoms with E-state index in [-0.39, 0.29) is 11.9 Å². The number of imide groups is 1. The van der Waals surface area contributed by atoms with Gasteiger partial charge in [0, 0.05) is 32.2 Å². The van der Waals surface area contributed by atoms with Crippen molar-refractivity contribution in [3.63, 3.8) is 0 Å². The highest BCUT2D eigenvalue weighted by Gasteiger charge is 2.23. The zero-order chi connectivity index (χ0) is 12.8. The number of amides is 3. The van der Waals surface area contributed by atoms with E-state index in [0.717, 1.165) is 19.5 Å². The number of nitrogens with zero attached hydrogens (tertiary/aromatic N) is 2. The summed E-state index contributed by atoms with van der Waals surface area (Å²) in [5.41, 5.74) is 0. The van der Waals surface area contributed by atoms with Crippen molar-refractivity contribution < 1.29 is 9.59 Å². The minimum absolute atomic E-state index is 0.182. The summed E-state index contributed by atoms with van der Waals surface area (Å²) in [6, 6.07) is 0.212. The fourth-order valence-electron chi connectivity index (χ4n) is 1.86. The van der Waals surface area contributed by atoms with E-state index in [1.54, 1.807) is 4.90 Å². The van der Waals surface area contributed by atoms with Crippen LogP contribution >= 0.6 is 11.6 Å². The Labute approximate surface area is 107 Å². The van der Waals surface area contributed by atoms with Gasteiger partial charge in [-0.3, -0.25) is 15.0 Å². The van der Waals surface area contributed by atoms with E-state index < -0.39 is 5.91 Å². The molecule has 1 N–H and O–H groups in total. The van der Waals surface area contributed by atoms with E-state index in [0.29, 0.717) is 19.1 Å². The monoisotopic (exact) mass is 261 g/mol. The van der Waals surface area contributed by atoms with Crippen LogP contribution in [0.15, 0.2) is 0 Å². The molecule has 1 saturated heterocycles. The molecule has 3 amide bonds. The van der Waals surface area contributed by atoms with Crippen molar-refractivity contribution in [2.45, 2.75) is 26.3 Å². The first-order valence-electron chi connectivity index (χ1n) is 5.97. The molecule has 1 unspecified atom stereocenters. The van der Waals surface area contributed by atoms with Crippen LogP contribution in [-0.4, -0.2) is 59.8 Å². The van der Waals surface area contributed by atoms with Crippen LogP contribution in [0.2, 0.25) is 0 Å². The Balaban J connectivity index is 2.36. The summed E-state index contributed by atoms with van der Waals surface area (Å²) in [5, 5.41) is 2.25. The second kappa shape index (κ2) is 6.81. The number of alkyl halides is 1. The van der Waals surface area contributed by atoms with Gasteiger partial charge in [0.1, 0.15) is 5.88 Å². The van der Waals surface area contributed by atoms with E-state index in [2.05, 4.69) is 24.1 Å². The maximum Gasteiger partial charge on any atom is 0.324 e. The molecule has 0 aromatic carbocycles. The third kappa shape index (κ3) is 4.16. The Morgan fingerprint density at radius 1 is 1.29 bits per heavy atom. The molecule has 1 fully saturated rings. The summed E-state index contributed by atoms with van der Waals surface area (Å²) < 4.78 is 0. The zero-order valence-corrected chi connectivity index (χ0v) is 11.2. The van der Waals surface area contributed by atoms with Gasteiger partial charge in [0.05, 0.1) is 0 Å². The van der Waals surface area contributed by atoms with Crippen LogP contribution in [0.25, 0.3) is 0 Å². The average molecular weight is 262 g/mol. The molecule has 1 aliphatic rings. The van der Waals surface area contributed by atoms with Gasteiger partial charge in [0.15, 0.2) is 0 Å². The molecular formula is C11H20ClN3O2. The number of hydrogen-bond acceptors (Lipinski definition) is 3. The van der Waals surface area contributed by atoms with Gasteiger partial charge in [-0.05, 0) is 13.3 Å². The Morgan fingerprint density at radius 2 is 1.88 bits per heavy atom. The molecule has 6 heteroatoms. The van der Waals surface area contributed by atoms with E-state index in [1.165, 1.54) is 0 Å². The summed E-state index contributed by atoms with van der Waals surface area (Å²) in [6.45, 7) is 7.38. The molecule has 0 aromatic rings. The van der Waals surface area contributed by atoms with Crippen LogP contribution in [0.4, 0.5) is 4.79 Å². The summed E-state index contributed by atoms with van der Waals surface area (Å²) in [6.07, 6.45) is 1.11. The molecule has 5 nitrogen and oxygen atoms in total. The molecule has 0 aromatic heterocycles. The normalized spacial score (nSPS) is 18.9. The maximum absolute atomic E-state index is 11.6. The third-order valence-corrected chi connectivity index (χ3v) is 3.43. The lowest BCUT2D eigenvalue weighted by molar-refractivity contribution is -0.117. The summed E-state index contributed by atoms with van der Waals surface area (Å²) in [7, 11) is 0. The Hall–Kier alpha value is -0.810. The van der Waals surface area contributed by atoms with Crippen LogP contribution in [0.5, 0.6) is 0 Å². The number of urea groups is 1. The molecule has 1 atom stereocenters. The predicted octanol–water partition coefficient (Wildman–Crippen LogP) is 0.877. The lowest BCUT2D eigenvalue weighted by Crippen LogP contribution is -2.54. The van der Waals surface area contributed by atoms with Gasteiger partial charge < -0.3 is 4.90 Å². The number of piperazine rings is 1. The number of halogens is 1. The maximum atomic E-state index is 11.6. The second-order valence-corrected chi connectivity index (χ2v) is 4.53. The summed E-state index contributed by atoms with van der Waals surface area (Å²) in [4.78, 5) is 26.6. The zero-order valence-electron chi connectivity index (χ0n) is 10.4. The van der Waals surface area contributed by atoms with E-state index in [9.17, 15) is 9.59 Å². The van der Waals surface area contributed by atoms with Crippen molar-refractivity contribution in [1.29, 1.82) is 0 Å². The fraction of sp³-hybridized carbons (Fsp3) is 0.818. The van der Waals surface area contributed by atoms with E-state index in [1.807, 2.05) is 0 Å². The first kappa shape index (κ1) is 14.3. The van der Waals surface area contributed by atoms with Crippen molar-refractivity contribution in [1.82, 2.24) is 15.1 Å². The van der Waals surface area contributed by atoms with Crippen LogP contribution in [-0.2, 0) is 4.79 Å². The van der Waals surface area contributed by atoms with Crippen molar-refractivity contribution in [3.05, 3.63) is 0 Å². The minimum atomic E-state index is -0.443. The van der Waals surface area contributed by atoms with Gasteiger partial charge in [-0.2, -0.15) is 0 Å². The van der Waals surface area contributed by atoms with Crippen LogP contribution in [0, 0.1) is 0 Å². The van der Waals surface area contributed by atoms with Crippen LogP contribution in [0.1, 0.15) is 20.3 Å². The van der Waals surface area contributed by atoms with Crippen molar-refractivity contribution in [2.75, 3.05) is 32.1 Å². The Kier molecular flexibility index (Phi) is 5.71. The molecule has 1 rings (SSSR count). The van der Waals surface area contributed by atoms with Gasteiger partial charge in [0.2, 0.25) is 5.91 Å². The standard InChI is InChI=1S/C11H20ClN3O2/c1-3-9(2)14-4-6-15(7-5-14)11(17)13-10(16)8-12/h9H,3-8H2,1-2H3,(H,13,16,17). The van der Waals surface area contributed by atoms with Gasteiger partial charge in [-0.15, -0.1) is 11.6 Å². The predicted molar refractivity (Wildman–Crippen MR) is 67.2 cm³/mol. The highest BCUT2D eigenvalue weighted by atomic mass is 35.5. The van der Waals surface area contributed by atoms with E-state index >= 15 is 0 Å². The smallest absolute Gasteiger partial charge is 0.322 e. The number of carbonyl (C=O) groups excluding carboxylic acids is 2. The third-order valence-electron chi connectivity index (χ3n) is 3.18. The van der Waals surface area contributed by atoms with Gasteiger partial charge >= 0.3 is 6.03 Å².